The van der Waals surface area contributed by atoms with Crippen LogP contribution in [0.25, 0.3) is 44.7 Å². The van der Waals surface area contributed by atoms with Crippen molar-refractivity contribution in [2.75, 3.05) is 38.9 Å². The van der Waals surface area contributed by atoms with Gasteiger partial charge in [-0.25, -0.2) is 34.9 Å². The van der Waals surface area contributed by atoms with E-state index in [0.29, 0.717) is 64.3 Å². The van der Waals surface area contributed by atoms with Crippen LogP contribution >= 0.6 is 95.9 Å². The van der Waals surface area contributed by atoms with Crippen LogP contribution in [0.2, 0.25) is 36.6 Å². The molecule has 0 radical (unpaired) electrons. The Morgan fingerprint density at radius 1 is 0.486 bits per heavy atom. The number of ether oxygens (including phenoxy) is 8. The van der Waals surface area contributed by atoms with E-state index in [0.717, 1.165) is 19.3 Å². The van der Waals surface area contributed by atoms with Gasteiger partial charge in [-0.05, 0) is 171 Å². The van der Waals surface area contributed by atoms with Crippen LogP contribution in [0.4, 0.5) is 5.82 Å². The zero-order chi connectivity index (χ0) is 77.5. The van der Waals surface area contributed by atoms with E-state index in [-0.39, 0.29) is 150 Å². The molecule has 0 bridgehead atoms. The van der Waals surface area contributed by atoms with Crippen molar-refractivity contribution in [3.63, 3.8) is 0 Å². The predicted octanol–water partition coefficient (Wildman–Crippen LogP) is 12.8. The topological polar surface area (TPSA) is 384 Å². The number of anilines is 1. The number of halogens is 7. The van der Waals surface area contributed by atoms with Gasteiger partial charge in [-0.15, -0.1) is 0 Å². The molecular weight excluding hydrogens is 1600 g/mol. The largest absolute Gasteiger partial charge is 0.481 e. The third kappa shape index (κ3) is 12.5. The molecule has 4 aliphatic heterocycles. The van der Waals surface area contributed by atoms with Gasteiger partial charge in [0.15, 0.2) is 67.0 Å². The van der Waals surface area contributed by atoms with E-state index in [1.165, 1.54) is 0 Å². The number of carboxylic acid groups (broad SMARTS) is 1. The van der Waals surface area contributed by atoms with Crippen LogP contribution in [0, 0.1) is 45.3 Å². The lowest BCUT2D eigenvalue weighted by molar-refractivity contribution is -0.170. The number of hydrogen-bond donors (Lipinski definition) is 3. The van der Waals surface area contributed by atoms with Crippen molar-refractivity contribution in [3.8, 4) is 0 Å². The van der Waals surface area contributed by atoms with Crippen LogP contribution in [0.3, 0.4) is 0 Å². The molecule has 12 aliphatic rings. The summed E-state index contributed by atoms with van der Waals surface area (Å²) >= 11 is 42.5. The number of hydrogen-bond acceptors (Lipinski definition) is 27. The first-order chi connectivity index (χ1) is 51.2. The molecule has 32 nitrogen and oxygen atoms in total. The Labute approximate surface area is 658 Å². The maximum absolute atomic E-state index is 12.7. The number of nitrogens with two attached hydrogens (primary N) is 1. The lowest BCUT2D eigenvalue weighted by Gasteiger charge is -2.24. The first kappa shape index (κ1) is 76.6. The Morgan fingerprint density at radius 2 is 0.817 bits per heavy atom. The molecule has 12 fully saturated rings. The van der Waals surface area contributed by atoms with E-state index in [1.807, 2.05) is 81.2 Å². The van der Waals surface area contributed by atoms with E-state index < -0.39 is 61.5 Å². The summed E-state index contributed by atoms with van der Waals surface area (Å²) in [7, 11) is -5.63. The van der Waals surface area contributed by atoms with Gasteiger partial charge in [0.05, 0.1) is 87.6 Å². The van der Waals surface area contributed by atoms with Crippen molar-refractivity contribution in [1.29, 1.82) is 0 Å². The highest BCUT2D eigenvalue weighted by atomic mass is 35.5. The second-order valence-corrected chi connectivity index (χ2v) is 39.2. The maximum Gasteiger partial charge on any atom is 0.312 e. The van der Waals surface area contributed by atoms with E-state index in [1.54, 1.807) is 68.7 Å². The molecule has 0 aromatic carbocycles. The minimum Gasteiger partial charge on any atom is -0.481 e. The van der Waals surface area contributed by atoms with Crippen LogP contribution in [-0.4, -0.2) is 199 Å². The van der Waals surface area contributed by atoms with Crippen LogP contribution in [-0.2, 0) is 60.9 Å². The SMILES string of the molecule is CC1(C)O[C@H]2[C@H](n3cnc4c(Cl)nc(Cl)nc43)[C@H]3C[C@]3(C(=O)O)[C@H]2O1.CC1(C)O[C@H]2[C@H](n3cnc4c(Cl)nc(Cl)nc43)[C@H]3C[C@]3(CO)[C@H]2O1.CCOP(C)(=O)/C=C/[C@]12C[C@@H]1[C@@H](n1cnc3c(Cl)nc(Cl)nc31)[C@@H]1OC(C)(C)O[C@@H]12.CCOP(C)(=O)/C=C/[C@]12C[C@@H]1[C@@H](n1cnc3c(N)nc(Cl)nc31)[C@@H]1OC(C)(C)O[C@@H]12. The molecule has 22 atom stereocenters. The number of aliphatic hydroxyl groups is 1. The molecule has 4 saturated heterocycles. The summed E-state index contributed by atoms with van der Waals surface area (Å²) in [6.45, 7) is 22.8. The highest BCUT2D eigenvalue weighted by Gasteiger charge is 2.81. The monoisotopic (exact) mass is 1680 g/mol. The van der Waals surface area contributed by atoms with Gasteiger partial charge in [0, 0.05) is 35.5 Å². The fourth-order valence-corrected chi connectivity index (χ4v) is 23.0. The van der Waals surface area contributed by atoms with Gasteiger partial charge >= 0.3 is 5.97 Å². The summed E-state index contributed by atoms with van der Waals surface area (Å²) < 4.78 is 93.4. The molecular formula is C68H78Cl7N17O15P2. The Hall–Kier alpha value is -5.00. The lowest BCUT2D eigenvalue weighted by Crippen LogP contribution is -2.35. The van der Waals surface area contributed by atoms with Crippen LogP contribution in [0.5, 0.6) is 0 Å². The quantitative estimate of drug-likeness (QED) is 0.0517. The van der Waals surface area contributed by atoms with Crippen molar-refractivity contribution in [1.82, 2.24) is 78.1 Å². The number of nitrogens with zero attached hydrogens (tertiary/aromatic N) is 16. The summed E-state index contributed by atoms with van der Waals surface area (Å²) in [5, 5.41) is 20.6. The average molecular weight is 1680 g/mol. The standard InChI is InChI=1S/C19H23Cl2N4O4P.C19H25ClN5O4P.C15H14Cl2N4O4.C15H16Cl2N4O3/c1-5-27-30(4,26)7-6-19-8-10(19)12(13-14(19)29-18(2,3)28-13)25-9-22-11-15(20)23-17(21)24-16(11)25;1-5-27-30(4,26)7-6-19-8-10(19)12(13-14(19)29-18(2,3)28-13)25-9-22-11-15(21)23-17(20)24-16(11)25;1-14(2)24-8-7(5-3-15(5,12(22)23)9(8)25-14)21-4-18-6-10(16)19-13(17)20-11(6)21;1-14(2)23-9-8(6-3-15(6,4-22)10(9)24-14)21-5-18-7-11(16)19-13(17)20-12(7)21/h6-7,9-10,12-14H,5,8H2,1-4H3;6-7,9-10,12-14H,5,8H2,1-4H3,(H2,21,23,24);4-5,7-9H,3H2,1-2H3,(H,22,23);5-6,8-10,22H,3-4H2,1-2H3/b2*7-6+;;/t2*10-,12-,13+,14+,19+,30?;5-,7-,8+,9+,15-;6-,8-,9+,10+,15-/m1111/s1. The van der Waals surface area contributed by atoms with Gasteiger partial charge in [0.2, 0.25) is 35.9 Å². The number of aliphatic hydroxyl groups excluding tert-OH is 1. The van der Waals surface area contributed by atoms with Crippen molar-refractivity contribution in [2.45, 2.75) is 191 Å². The Bertz CT molecular complexity index is 5090. The number of fused-ring (bicyclic) bond motifs is 16. The second-order valence-electron chi connectivity index (χ2n) is 32.1. The van der Waals surface area contributed by atoms with E-state index >= 15 is 0 Å². The molecule has 8 aromatic heterocycles. The number of carbonyl (C=O) groups is 1. The van der Waals surface area contributed by atoms with E-state index in [9.17, 15) is 24.1 Å². The Balaban J connectivity index is 0.000000107. The first-order valence-electron chi connectivity index (χ1n) is 35.7. The summed E-state index contributed by atoms with van der Waals surface area (Å²) in [4.78, 5) is 62.5. The first-order valence-corrected chi connectivity index (χ1v) is 42.6. The van der Waals surface area contributed by atoms with Crippen molar-refractivity contribution in [2.24, 2.45) is 45.3 Å². The molecule has 109 heavy (non-hydrogen) atoms. The summed E-state index contributed by atoms with van der Waals surface area (Å²) in [5.41, 5.74) is 8.40. The van der Waals surface area contributed by atoms with Gasteiger partial charge in [-0.2, -0.15) is 24.9 Å². The average Bonchev–Trinajstić information content (AvgIpc) is 1.52. The van der Waals surface area contributed by atoms with Gasteiger partial charge in [-0.3, -0.25) is 13.9 Å². The summed E-state index contributed by atoms with van der Waals surface area (Å²) in [5.74, 6) is 0.409. The Kier molecular flexibility index (Phi) is 18.3. The van der Waals surface area contributed by atoms with Crippen LogP contribution < -0.4 is 5.73 Å². The van der Waals surface area contributed by atoms with Crippen molar-refractivity contribution >= 4 is 152 Å². The second kappa shape index (κ2) is 26.0. The maximum atomic E-state index is 12.7. The van der Waals surface area contributed by atoms with Gasteiger partial charge in [0.25, 0.3) is 0 Å². The molecule has 584 valence electrons. The highest BCUT2D eigenvalue weighted by molar-refractivity contribution is 7.61. The third-order valence-corrected chi connectivity index (χ3v) is 28.0. The zero-order valence-electron chi connectivity index (χ0n) is 60.8. The Morgan fingerprint density at radius 3 is 1.20 bits per heavy atom. The van der Waals surface area contributed by atoms with Crippen molar-refractivity contribution in [3.05, 3.63) is 85.7 Å². The molecule has 12 heterocycles. The summed E-state index contributed by atoms with van der Waals surface area (Å²) in [6, 6.07) is -0.442. The van der Waals surface area contributed by atoms with E-state index in [2.05, 4.69) is 59.8 Å². The number of rotatable bonds is 14. The fraction of sp³-hybridized carbons (Fsp3) is 0.632. The number of nitrogen functional groups attached to an aromatic ring is 1. The van der Waals surface area contributed by atoms with Gasteiger partial charge in [-0.1, -0.05) is 47.0 Å². The lowest BCUT2D eigenvalue weighted by atomic mass is 9.99. The third-order valence-electron chi connectivity index (χ3n) is 23.6. The van der Waals surface area contributed by atoms with Crippen molar-refractivity contribution < 1.29 is 71.1 Å². The number of imidazole rings is 4. The van der Waals surface area contributed by atoms with Crippen LogP contribution in [0.1, 0.15) is 119 Å². The van der Waals surface area contributed by atoms with E-state index in [4.69, 9.17) is 134 Å². The normalized spacial score (nSPS) is 37.2. The molecule has 8 aliphatic carbocycles. The van der Waals surface area contributed by atoms with Gasteiger partial charge in [0.1, 0.15) is 58.0 Å². The smallest absolute Gasteiger partial charge is 0.312 e. The predicted molar refractivity (Wildman–Crippen MR) is 398 cm³/mol. The van der Waals surface area contributed by atoms with Gasteiger partial charge < -0.3 is 81.2 Å². The minimum absolute atomic E-state index is 0.0120. The van der Waals surface area contributed by atoms with Crippen LogP contribution in [0.15, 0.2) is 49.1 Å². The molecule has 0 amide bonds. The number of aliphatic carboxylic acids is 1. The zero-order valence-corrected chi connectivity index (χ0v) is 67.9. The molecule has 4 N–H and O–H groups in total. The molecule has 8 saturated carbocycles. The highest BCUT2D eigenvalue weighted by Crippen LogP contribution is 2.76. The molecule has 2 unspecified atom stereocenters. The fourth-order valence-electron chi connectivity index (χ4n) is 19.2. The molecule has 20 rings (SSSR count). The number of carboxylic acids is 1. The minimum atomic E-state index is -2.81. The summed E-state index contributed by atoms with van der Waals surface area (Å²) in [6.07, 6.45) is 11.9. The number of aromatic nitrogens is 16. The molecule has 41 heteroatoms. The molecule has 8 aromatic rings. The molecule has 0 spiro atoms.